The van der Waals surface area contributed by atoms with Crippen molar-refractivity contribution in [3.8, 4) is 11.8 Å². The van der Waals surface area contributed by atoms with Crippen LogP contribution < -0.4 is 0 Å². The van der Waals surface area contributed by atoms with E-state index < -0.39 is 6.18 Å². The summed E-state index contributed by atoms with van der Waals surface area (Å²) in [5.74, 6) is 5.35. The molecule has 0 aromatic carbocycles. The van der Waals surface area contributed by atoms with E-state index in [1.54, 1.807) is 11.8 Å². The van der Waals surface area contributed by atoms with Crippen LogP contribution in [-0.2, 0) is 0 Å². The summed E-state index contributed by atoms with van der Waals surface area (Å²) in [5, 5.41) is 0. The molecule has 0 aromatic heterocycles. The third kappa shape index (κ3) is 11.7. The zero-order valence-corrected chi connectivity index (χ0v) is 8.39. The number of hydrogen-bond acceptors (Lipinski definition) is 1. The SMILES string of the molecule is CCCSCCCC#CC(F)(F)F. The molecule has 0 N–H and O–H groups in total. The van der Waals surface area contributed by atoms with Crippen molar-refractivity contribution in [1.29, 1.82) is 0 Å². The Morgan fingerprint density at radius 1 is 1.23 bits per heavy atom. The monoisotopic (exact) mass is 210 g/mol. The smallest absolute Gasteiger partial charge is 0.162 e. The fourth-order valence-corrected chi connectivity index (χ4v) is 1.51. The van der Waals surface area contributed by atoms with Crippen LogP contribution in [-0.4, -0.2) is 17.7 Å². The zero-order valence-electron chi connectivity index (χ0n) is 7.58. The van der Waals surface area contributed by atoms with Gasteiger partial charge in [-0.2, -0.15) is 24.9 Å². The minimum Gasteiger partial charge on any atom is -0.162 e. The fraction of sp³-hybridized carbons (Fsp3) is 0.778. The lowest BCUT2D eigenvalue weighted by Crippen LogP contribution is -2.01. The Morgan fingerprint density at radius 2 is 1.92 bits per heavy atom. The Bertz CT molecular complexity index is 176. The summed E-state index contributed by atoms with van der Waals surface area (Å²) in [6.45, 7) is 2.08. The van der Waals surface area contributed by atoms with Crippen LogP contribution in [0.5, 0.6) is 0 Å². The van der Waals surface area contributed by atoms with Gasteiger partial charge < -0.3 is 0 Å². The highest BCUT2D eigenvalue weighted by Crippen LogP contribution is 2.12. The van der Waals surface area contributed by atoms with Gasteiger partial charge in [0.05, 0.1) is 0 Å². The van der Waals surface area contributed by atoms with E-state index in [4.69, 9.17) is 0 Å². The maximum absolute atomic E-state index is 11.5. The van der Waals surface area contributed by atoms with Gasteiger partial charge >= 0.3 is 6.18 Å². The topological polar surface area (TPSA) is 0 Å². The van der Waals surface area contributed by atoms with Crippen LogP contribution in [0.2, 0.25) is 0 Å². The van der Waals surface area contributed by atoms with E-state index in [1.165, 1.54) is 5.92 Å². The fourth-order valence-electron chi connectivity index (χ4n) is 0.672. The molecule has 0 heterocycles. The standard InChI is InChI=1S/C9H13F3S/c1-2-7-13-8-5-3-4-6-9(10,11)12/h2-3,5,7-8H2,1H3. The summed E-state index contributed by atoms with van der Waals surface area (Å²) < 4.78 is 34.5. The highest BCUT2D eigenvalue weighted by Gasteiger charge is 2.22. The van der Waals surface area contributed by atoms with Crippen LogP contribution in [0, 0.1) is 11.8 Å². The van der Waals surface area contributed by atoms with Crippen molar-refractivity contribution in [2.45, 2.75) is 32.4 Å². The van der Waals surface area contributed by atoms with Gasteiger partial charge in [-0.3, -0.25) is 0 Å². The van der Waals surface area contributed by atoms with Crippen molar-refractivity contribution < 1.29 is 13.2 Å². The van der Waals surface area contributed by atoms with Gasteiger partial charge in [0.25, 0.3) is 0 Å². The van der Waals surface area contributed by atoms with Crippen molar-refractivity contribution in [1.82, 2.24) is 0 Å². The minimum absolute atomic E-state index is 0.343. The average molecular weight is 210 g/mol. The minimum atomic E-state index is -4.32. The van der Waals surface area contributed by atoms with Gasteiger partial charge in [0.2, 0.25) is 0 Å². The van der Waals surface area contributed by atoms with Gasteiger partial charge in [0, 0.05) is 12.3 Å². The van der Waals surface area contributed by atoms with Gasteiger partial charge in [-0.15, -0.1) is 0 Å². The second kappa shape index (κ2) is 7.14. The first-order valence-electron chi connectivity index (χ1n) is 4.20. The molecule has 0 rings (SSSR count). The van der Waals surface area contributed by atoms with E-state index in [2.05, 4.69) is 12.8 Å². The molecule has 76 valence electrons. The van der Waals surface area contributed by atoms with Crippen molar-refractivity contribution in [2.24, 2.45) is 0 Å². The summed E-state index contributed by atoms with van der Waals surface area (Å²) in [6.07, 6.45) is -2.13. The molecule has 0 atom stereocenters. The predicted octanol–water partition coefficient (Wildman–Crippen LogP) is 3.48. The molecule has 0 fully saturated rings. The Morgan fingerprint density at radius 3 is 2.46 bits per heavy atom. The van der Waals surface area contributed by atoms with Crippen LogP contribution in [0.15, 0.2) is 0 Å². The lowest BCUT2D eigenvalue weighted by atomic mass is 10.3. The summed E-state index contributed by atoms with van der Waals surface area (Å²) in [7, 11) is 0. The molecule has 0 amide bonds. The molecule has 0 saturated carbocycles. The Hall–Kier alpha value is -0.300. The maximum atomic E-state index is 11.5. The van der Waals surface area contributed by atoms with E-state index in [1.807, 2.05) is 0 Å². The number of thioether (sulfide) groups is 1. The quantitative estimate of drug-likeness (QED) is 0.494. The molecule has 4 heteroatoms. The summed E-state index contributed by atoms with van der Waals surface area (Å²) in [4.78, 5) is 0. The molecule has 0 aliphatic heterocycles. The third-order valence-electron chi connectivity index (χ3n) is 1.17. The Balaban J connectivity index is 3.28. The van der Waals surface area contributed by atoms with Crippen molar-refractivity contribution in [2.75, 3.05) is 11.5 Å². The molecule has 0 spiro atoms. The first kappa shape index (κ1) is 12.7. The van der Waals surface area contributed by atoms with Crippen molar-refractivity contribution in [3.63, 3.8) is 0 Å². The van der Waals surface area contributed by atoms with E-state index in [9.17, 15) is 13.2 Å². The van der Waals surface area contributed by atoms with Crippen LogP contribution in [0.1, 0.15) is 26.2 Å². The summed E-state index contributed by atoms with van der Waals surface area (Å²) >= 11 is 1.76. The van der Waals surface area contributed by atoms with Crippen LogP contribution in [0.4, 0.5) is 13.2 Å². The van der Waals surface area contributed by atoms with E-state index in [0.29, 0.717) is 6.42 Å². The molecule has 0 radical (unpaired) electrons. The number of alkyl halides is 3. The van der Waals surface area contributed by atoms with Crippen LogP contribution >= 0.6 is 11.8 Å². The lowest BCUT2D eigenvalue weighted by Gasteiger charge is -1.95. The van der Waals surface area contributed by atoms with Crippen LogP contribution in [0.25, 0.3) is 0 Å². The molecular weight excluding hydrogens is 197 g/mol. The number of halogens is 3. The highest BCUT2D eigenvalue weighted by atomic mass is 32.2. The molecule has 0 saturated heterocycles. The van der Waals surface area contributed by atoms with Gasteiger partial charge in [-0.05, 0) is 24.3 Å². The van der Waals surface area contributed by atoms with Gasteiger partial charge in [-0.1, -0.05) is 12.8 Å². The second-order valence-electron chi connectivity index (χ2n) is 2.52. The first-order valence-corrected chi connectivity index (χ1v) is 5.36. The van der Waals surface area contributed by atoms with E-state index in [0.717, 1.165) is 24.3 Å². The normalized spacial score (nSPS) is 10.8. The second-order valence-corrected chi connectivity index (χ2v) is 3.74. The van der Waals surface area contributed by atoms with Gasteiger partial charge in [-0.25, -0.2) is 0 Å². The number of rotatable bonds is 5. The molecular formula is C9H13F3S. The molecule has 0 aromatic rings. The van der Waals surface area contributed by atoms with Crippen molar-refractivity contribution >= 4 is 11.8 Å². The van der Waals surface area contributed by atoms with Gasteiger partial charge in [0.1, 0.15) is 0 Å². The first-order chi connectivity index (χ1) is 6.06. The molecule has 13 heavy (non-hydrogen) atoms. The van der Waals surface area contributed by atoms with E-state index >= 15 is 0 Å². The summed E-state index contributed by atoms with van der Waals surface area (Å²) in [5.41, 5.74) is 0. The van der Waals surface area contributed by atoms with Crippen molar-refractivity contribution in [3.05, 3.63) is 0 Å². The largest absolute Gasteiger partial charge is 0.457 e. The number of unbranched alkanes of at least 4 members (excludes halogenated alkanes) is 1. The summed E-state index contributed by atoms with van der Waals surface area (Å²) in [6, 6.07) is 0. The van der Waals surface area contributed by atoms with E-state index in [-0.39, 0.29) is 0 Å². The maximum Gasteiger partial charge on any atom is 0.457 e. The molecule has 0 unspecified atom stereocenters. The molecule has 0 aliphatic rings. The molecule has 0 nitrogen and oxygen atoms in total. The predicted molar refractivity (Wildman–Crippen MR) is 50.7 cm³/mol. The van der Waals surface area contributed by atoms with Gasteiger partial charge in [0.15, 0.2) is 0 Å². The molecule has 0 bridgehead atoms. The Labute approximate surface area is 81.3 Å². The lowest BCUT2D eigenvalue weighted by molar-refractivity contribution is -0.0697. The number of hydrogen-bond donors (Lipinski definition) is 0. The van der Waals surface area contributed by atoms with Crippen LogP contribution in [0.3, 0.4) is 0 Å². The third-order valence-corrected chi connectivity index (χ3v) is 2.44. The zero-order chi connectivity index (χ0) is 10.2. The Kier molecular flexibility index (Phi) is 6.97. The highest BCUT2D eigenvalue weighted by molar-refractivity contribution is 7.99. The average Bonchev–Trinajstić information content (AvgIpc) is 2.01. The molecule has 0 aliphatic carbocycles.